The molecule has 24 heavy (non-hydrogen) atoms. The zero-order valence-electron chi connectivity index (χ0n) is 12.8. The van der Waals surface area contributed by atoms with Crippen molar-refractivity contribution in [2.45, 2.75) is 13.1 Å². The number of hydrogen-bond acceptors (Lipinski definition) is 2. The summed E-state index contributed by atoms with van der Waals surface area (Å²) >= 11 is 9.45. The Bertz CT molecular complexity index is 816. The zero-order chi connectivity index (χ0) is 16.9. The number of carbonyl (C=O) groups excluding carboxylic acids is 1. The van der Waals surface area contributed by atoms with Crippen LogP contribution in [0.5, 0.6) is 0 Å². The number of nitrogens with zero attached hydrogens (tertiary/aromatic N) is 1. The van der Waals surface area contributed by atoms with Crippen molar-refractivity contribution >= 4 is 33.4 Å². The zero-order valence-corrected chi connectivity index (χ0v) is 15.1. The predicted octanol–water partition coefficient (Wildman–Crippen LogP) is 5.54. The molecule has 0 unspecified atom stereocenters. The van der Waals surface area contributed by atoms with Gasteiger partial charge in [0.25, 0.3) is 5.91 Å². The molecule has 1 amide bonds. The van der Waals surface area contributed by atoms with Crippen molar-refractivity contribution in [3.05, 3.63) is 93.3 Å². The van der Waals surface area contributed by atoms with E-state index in [0.717, 1.165) is 15.8 Å². The Balaban J connectivity index is 1.86. The Hall–Kier alpha value is -2.04. The normalized spacial score (nSPS) is 10.6. The first kappa shape index (κ1) is 16.8. The second-order valence-electron chi connectivity index (χ2n) is 5.38. The summed E-state index contributed by atoms with van der Waals surface area (Å²) in [6.45, 7) is 0.852. The number of amides is 1. The fourth-order valence-electron chi connectivity index (χ4n) is 2.42. The Morgan fingerprint density at radius 2 is 1.83 bits per heavy atom. The van der Waals surface area contributed by atoms with Gasteiger partial charge in [0.15, 0.2) is 0 Å². The van der Waals surface area contributed by atoms with E-state index in [1.165, 1.54) is 0 Å². The molecule has 3 rings (SSSR count). The van der Waals surface area contributed by atoms with Crippen LogP contribution in [0.25, 0.3) is 0 Å². The molecule has 0 radical (unpaired) electrons. The highest BCUT2D eigenvalue weighted by atomic mass is 79.9. The first-order valence-corrected chi connectivity index (χ1v) is 8.60. The molecule has 0 saturated heterocycles. The highest BCUT2D eigenvalue weighted by Gasteiger charge is 2.18. The molecule has 1 aromatic heterocycles. The predicted molar refractivity (Wildman–Crippen MR) is 97.9 cm³/mol. The molecular weight excluding hydrogens is 390 g/mol. The lowest BCUT2D eigenvalue weighted by Crippen LogP contribution is -2.30. The molecule has 122 valence electrons. The summed E-state index contributed by atoms with van der Waals surface area (Å²) in [4.78, 5) is 14.7. The molecule has 3 aromatic rings. The van der Waals surface area contributed by atoms with Crippen molar-refractivity contribution in [1.29, 1.82) is 0 Å². The molecule has 0 aliphatic heterocycles. The minimum absolute atomic E-state index is 0.0566. The third kappa shape index (κ3) is 4.28. The number of benzene rings is 2. The monoisotopic (exact) mass is 403 g/mol. The van der Waals surface area contributed by atoms with Crippen LogP contribution in [-0.2, 0) is 13.1 Å². The van der Waals surface area contributed by atoms with Crippen molar-refractivity contribution < 1.29 is 9.21 Å². The summed E-state index contributed by atoms with van der Waals surface area (Å²) in [5.74, 6) is 0.682. The Labute approximate surface area is 154 Å². The van der Waals surface area contributed by atoms with Crippen LogP contribution >= 0.6 is 27.5 Å². The fourth-order valence-corrected chi connectivity index (χ4v) is 2.90. The molecule has 0 saturated carbocycles. The van der Waals surface area contributed by atoms with Gasteiger partial charge in [-0.15, -0.1) is 0 Å². The maximum Gasteiger partial charge on any atom is 0.254 e. The molecule has 0 atom stereocenters. The fraction of sp³-hybridized carbons (Fsp3) is 0.105. The molecule has 3 nitrogen and oxygen atoms in total. The van der Waals surface area contributed by atoms with Crippen molar-refractivity contribution in [2.75, 3.05) is 0 Å². The number of furan rings is 1. The lowest BCUT2D eigenvalue weighted by atomic mass is 10.1. The van der Waals surface area contributed by atoms with Crippen LogP contribution in [0.2, 0.25) is 5.02 Å². The lowest BCUT2D eigenvalue weighted by Gasteiger charge is -2.22. The molecule has 0 spiro atoms. The number of hydrogen-bond donors (Lipinski definition) is 0. The van der Waals surface area contributed by atoms with Crippen LogP contribution in [0.15, 0.2) is 75.8 Å². The highest BCUT2D eigenvalue weighted by Crippen LogP contribution is 2.18. The van der Waals surface area contributed by atoms with Gasteiger partial charge < -0.3 is 9.32 Å². The maximum absolute atomic E-state index is 12.9. The van der Waals surface area contributed by atoms with Gasteiger partial charge in [-0.3, -0.25) is 4.79 Å². The molecule has 0 aliphatic carbocycles. The van der Waals surface area contributed by atoms with Gasteiger partial charge >= 0.3 is 0 Å². The summed E-state index contributed by atoms with van der Waals surface area (Å²) in [6, 6.07) is 18.5. The van der Waals surface area contributed by atoms with E-state index in [2.05, 4.69) is 15.9 Å². The van der Waals surface area contributed by atoms with Crippen molar-refractivity contribution in [2.24, 2.45) is 0 Å². The van der Waals surface area contributed by atoms with Crippen molar-refractivity contribution in [1.82, 2.24) is 4.90 Å². The van der Waals surface area contributed by atoms with E-state index < -0.39 is 0 Å². The molecule has 0 fully saturated rings. The van der Waals surface area contributed by atoms with Crippen LogP contribution in [-0.4, -0.2) is 10.8 Å². The van der Waals surface area contributed by atoms with Crippen LogP contribution in [0.3, 0.4) is 0 Å². The minimum atomic E-state index is -0.0566. The Kier molecular flexibility index (Phi) is 5.38. The third-order valence-electron chi connectivity index (χ3n) is 3.57. The van der Waals surface area contributed by atoms with Gasteiger partial charge in [0.1, 0.15) is 5.76 Å². The Morgan fingerprint density at radius 1 is 1.04 bits per heavy atom. The smallest absolute Gasteiger partial charge is 0.254 e. The molecule has 2 aromatic carbocycles. The van der Waals surface area contributed by atoms with Gasteiger partial charge in [-0.25, -0.2) is 0 Å². The Morgan fingerprint density at radius 3 is 2.50 bits per heavy atom. The second-order valence-corrected chi connectivity index (χ2v) is 6.73. The lowest BCUT2D eigenvalue weighted by molar-refractivity contribution is 0.0717. The molecule has 1 heterocycles. The van der Waals surface area contributed by atoms with Crippen LogP contribution in [0.1, 0.15) is 21.7 Å². The van der Waals surface area contributed by atoms with E-state index in [9.17, 15) is 4.79 Å². The van der Waals surface area contributed by atoms with Gasteiger partial charge in [-0.1, -0.05) is 39.7 Å². The number of halogens is 2. The summed E-state index contributed by atoms with van der Waals surface area (Å²) in [5, 5.41) is 0.654. The topological polar surface area (TPSA) is 33.5 Å². The first-order chi connectivity index (χ1) is 11.6. The van der Waals surface area contributed by atoms with Crippen LogP contribution in [0.4, 0.5) is 0 Å². The van der Waals surface area contributed by atoms with E-state index >= 15 is 0 Å². The van der Waals surface area contributed by atoms with E-state index in [4.69, 9.17) is 16.0 Å². The third-order valence-corrected chi connectivity index (χ3v) is 4.33. The average Bonchev–Trinajstić information content (AvgIpc) is 3.07. The number of carbonyl (C=O) groups is 1. The summed E-state index contributed by atoms with van der Waals surface area (Å²) in [5.41, 5.74) is 1.60. The number of rotatable bonds is 5. The maximum atomic E-state index is 12.9. The van der Waals surface area contributed by atoms with E-state index in [-0.39, 0.29) is 5.91 Å². The van der Waals surface area contributed by atoms with E-state index in [1.54, 1.807) is 23.3 Å². The molecule has 5 heteroatoms. The molecular formula is C19H15BrClNO2. The van der Waals surface area contributed by atoms with Gasteiger partial charge in [0, 0.05) is 21.6 Å². The van der Waals surface area contributed by atoms with Gasteiger partial charge in [0.05, 0.1) is 12.8 Å². The summed E-state index contributed by atoms with van der Waals surface area (Å²) < 4.78 is 6.34. The quantitative estimate of drug-likeness (QED) is 0.559. The van der Waals surface area contributed by atoms with Gasteiger partial charge in [-0.05, 0) is 54.1 Å². The van der Waals surface area contributed by atoms with Gasteiger partial charge in [0.2, 0.25) is 0 Å². The van der Waals surface area contributed by atoms with Gasteiger partial charge in [-0.2, -0.15) is 0 Å². The summed E-state index contributed by atoms with van der Waals surface area (Å²) in [6.07, 6.45) is 1.61. The highest BCUT2D eigenvalue weighted by molar-refractivity contribution is 9.10. The van der Waals surface area contributed by atoms with Crippen LogP contribution in [0, 0.1) is 0 Å². The van der Waals surface area contributed by atoms with Crippen molar-refractivity contribution in [3.8, 4) is 0 Å². The molecule has 0 N–H and O–H groups in total. The van der Waals surface area contributed by atoms with E-state index in [1.807, 2.05) is 48.5 Å². The first-order valence-electron chi connectivity index (χ1n) is 7.43. The standard InChI is InChI=1S/C19H15BrClNO2/c20-16-8-6-15(7-9-16)19(23)22(13-18-5-2-10-24-18)12-14-3-1-4-17(21)11-14/h1-11H,12-13H2. The van der Waals surface area contributed by atoms with Crippen molar-refractivity contribution in [3.63, 3.8) is 0 Å². The molecule has 0 bridgehead atoms. The second kappa shape index (κ2) is 7.69. The largest absolute Gasteiger partial charge is 0.467 e. The minimum Gasteiger partial charge on any atom is -0.467 e. The SMILES string of the molecule is O=C(c1ccc(Br)cc1)N(Cc1cccc(Cl)c1)Cc1ccco1. The molecule has 0 aliphatic rings. The van der Waals surface area contributed by atoms with E-state index in [0.29, 0.717) is 23.7 Å². The van der Waals surface area contributed by atoms with Crippen LogP contribution < -0.4 is 0 Å². The summed E-state index contributed by atoms with van der Waals surface area (Å²) in [7, 11) is 0. The average molecular weight is 405 g/mol.